The van der Waals surface area contributed by atoms with Gasteiger partial charge in [0.05, 0.1) is 30.8 Å². The van der Waals surface area contributed by atoms with Gasteiger partial charge in [0.25, 0.3) is 5.69 Å². The molecule has 0 N–H and O–H groups in total. The second-order valence-electron chi connectivity index (χ2n) is 5.36. The van der Waals surface area contributed by atoms with Crippen molar-refractivity contribution in [1.29, 1.82) is 0 Å². The summed E-state index contributed by atoms with van der Waals surface area (Å²) in [6.07, 6.45) is 2.02. The number of benzene rings is 2. The summed E-state index contributed by atoms with van der Waals surface area (Å²) in [4.78, 5) is 23.3. The number of nitrogens with zero attached hydrogens (tertiary/aromatic N) is 1. The van der Waals surface area contributed by atoms with Crippen molar-refractivity contribution in [2.45, 2.75) is 6.42 Å². The molecule has 0 saturated carbocycles. The molecule has 0 aliphatic heterocycles. The van der Waals surface area contributed by atoms with Gasteiger partial charge in [0.15, 0.2) is 17.3 Å². The van der Waals surface area contributed by atoms with Crippen molar-refractivity contribution in [3.05, 3.63) is 68.8 Å². The summed E-state index contributed by atoms with van der Waals surface area (Å²) in [5.41, 5.74) is 2.27. The average molecular weight is 325 g/mol. The molecular formula is C18H15NO5. The number of hydrogen-bond donors (Lipinski definition) is 0. The molecule has 2 aromatic carbocycles. The van der Waals surface area contributed by atoms with Crippen LogP contribution in [0.3, 0.4) is 0 Å². The van der Waals surface area contributed by atoms with Crippen LogP contribution >= 0.6 is 0 Å². The molecule has 6 nitrogen and oxygen atoms in total. The molecule has 24 heavy (non-hydrogen) atoms. The van der Waals surface area contributed by atoms with Crippen LogP contribution in [0.1, 0.15) is 21.5 Å². The van der Waals surface area contributed by atoms with Gasteiger partial charge in [0, 0.05) is 17.6 Å². The lowest BCUT2D eigenvalue weighted by Gasteiger charge is -2.09. The molecule has 0 spiro atoms. The van der Waals surface area contributed by atoms with Crippen molar-refractivity contribution in [1.82, 2.24) is 0 Å². The largest absolute Gasteiger partial charge is 0.493 e. The number of hydrogen-bond acceptors (Lipinski definition) is 5. The molecular weight excluding hydrogens is 310 g/mol. The molecule has 0 radical (unpaired) electrons. The molecule has 0 saturated heterocycles. The number of nitro benzene ring substituents is 1. The zero-order chi connectivity index (χ0) is 17.3. The number of allylic oxidation sites excluding steroid dienone is 1. The van der Waals surface area contributed by atoms with Crippen LogP contribution in [0.15, 0.2) is 42.0 Å². The molecule has 2 aromatic rings. The lowest BCUT2D eigenvalue weighted by molar-refractivity contribution is -0.385. The topological polar surface area (TPSA) is 78.7 Å². The Morgan fingerprint density at radius 2 is 1.79 bits per heavy atom. The van der Waals surface area contributed by atoms with Crippen LogP contribution < -0.4 is 9.47 Å². The predicted octanol–water partition coefficient (Wildman–Crippen LogP) is 3.43. The van der Waals surface area contributed by atoms with Crippen molar-refractivity contribution in [2.24, 2.45) is 0 Å². The molecule has 122 valence electrons. The Hall–Kier alpha value is -3.15. The standard InChI is InChI=1S/C18H15NO5/c1-23-16-9-12(15(19(21)22)10-17(16)24-2)8-13-7-11-5-3-4-6-14(11)18(13)20/h3-6,8-10H,7H2,1-2H3/b13-8+. The zero-order valence-corrected chi connectivity index (χ0v) is 13.2. The fourth-order valence-corrected chi connectivity index (χ4v) is 2.82. The maximum absolute atomic E-state index is 12.5. The number of fused-ring (bicyclic) bond motifs is 1. The Bertz CT molecular complexity index is 870. The number of Topliss-reactive ketones (excluding diaryl/α,β-unsaturated/α-hetero) is 1. The summed E-state index contributed by atoms with van der Waals surface area (Å²) in [7, 11) is 2.87. The van der Waals surface area contributed by atoms with Crippen LogP contribution in [0.4, 0.5) is 5.69 Å². The fraction of sp³-hybridized carbons (Fsp3) is 0.167. The van der Waals surface area contributed by atoms with Gasteiger partial charge < -0.3 is 9.47 Å². The number of carbonyl (C=O) groups is 1. The monoisotopic (exact) mass is 325 g/mol. The number of rotatable bonds is 4. The number of nitro groups is 1. The van der Waals surface area contributed by atoms with Crippen molar-refractivity contribution < 1.29 is 19.2 Å². The van der Waals surface area contributed by atoms with Gasteiger partial charge in [-0.1, -0.05) is 24.3 Å². The van der Waals surface area contributed by atoms with Crippen molar-refractivity contribution >= 4 is 17.5 Å². The van der Waals surface area contributed by atoms with E-state index >= 15 is 0 Å². The Balaban J connectivity index is 2.10. The minimum Gasteiger partial charge on any atom is -0.493 e. The maximum Gasteiger partial charge on any atom is 0.280 e. The van der Waals surface area contributed by atoms with Gasteiger partial charge in [0.2, 0.25) is 0 Å². The highest BCUT2D eigenvalue weighted by molar-refractivity contribution is 6.15. The fourth-order valence-electron chi connectivity index (χ4n) is 2.82. The Morgan fingerprint density at radius 1 is 1.12 bits per heavy atom. The molecule has 6 heteroatoms. The first-order chi connectivity index (χ1) is 11.5. The second-order valence-corrected chi connectivity index (χ2v) is 5.36. The van der Waals surface area contributed by atoms with E-state index in [1.807, 2.05) is 12.1 Å². The van der Waals surface area contributed by atoms with Gasteiger partial charge in [-0.2, -0.15) is 0 Å². The van der Waals surface area contributed by atoms with Crippen LogP contribution in [0.2, 0.25) is 0 Å². The van der Waals surface area contributed by atoms with E-state index in [0.717, 1.165) is 5.56 Å². The quantitative estimate of drug-likeness (QED) is 0.489. The Labute approximate surface area is 138 Å². The molecule has 0 heterocycles. The van der Waals surface area contributed by atoms with Crippen molar-refractivity contribution in [2.75, 3.05) is 14.2 Å². The third kappa shape index (κ3) is 2.62. The van der Waals surface area contributed by atoms with E-state index in [1.165, 1.54) is 26.4 Å². The second kappa shape index (κ2) is 6.16. The lowest BCUT2D eigenvalue weighted by atomic mass is 10.1. The molecule has 0 aromatic heterocycles. The first-order valence-electron chi connectivity index (χ1n) is 7.28. The van der Waals surface area contributed by atoms with E-state index in [-0.39, 0.29) is 17.2 Å². The Kier molecular flexibility index (Phi) is 4.04. The van der Waals surface area contributed by atoms with Crippen LogP contribution in [0.5, 0.6) is 11.5 Å². The van der Waals surface area contributed by atoms with Crippen LogP contribution in [0.25, 0.3) is 6.08 Å². The molecule has 3 rings (SSSR count). The van der Waals surface area contributed by atoms with Gasteiger partial charge in [-0.05, 0) is 17.7 Å². The van der Waals surface area contributed by atoms with Crippen LogP contribution in [-0.4, -0.2) is 24.9 Å². The smallest absolute Gasteiger partial charge is 0.280 e. The highest BCUT2D eigenvalue weighted by Crippen LogP contribution is 2.37. The minimum atomic E-state index is -0.499. The summed E-state index contributed by atoms with van der Waals surface area (Å²) in [6, 6.07) is 10.1. The normalized spacial score (nSPS) is 14.6. The Morgan fingerprint density at radius 3 is 2.42 bits per heavy atom. The van der Waals surface area contributed by atoms with Gasteiger partial charge in [-0.15, -0.1) is 0 Å². The SMILES string of the molecule is COc1cc(/C=C2\Cc3ccccc3C2=O)c([N+](=O)[O-])cc1OC. The number of ketones is 1. The number of ether oxygens (including phenoxy) is 2. The number of methoxy groups -OCH3 is 2. The molecule has 0 atom stereocenters. The molecule has 1 aliphatic carbocycles. The predicted molar refractivity (Wildman–Crippen MR) is 88.7 cm³/mol. The molecule has 1 aliphatic rings. The lowest BCUT2D eigenvalue weighted by Crippen LogP contribution is -1.99. The van der Waals surface area contributed by atoms with Crippen molar-refractivity contribution in [3.63, 3.8) is 0 Å². The maximum atomic E-state index is 12.5. The van der Waals surface area contributed by atoms with E-state index in [2.05, 4.69) is 0 Å². The van der Waals surface area contributed by atoms with Crippen LogP contribution in [-0.2, 0) is 6.42 Å². The van der Waals surface area contributed by atoms with Gasteiger partial charge in [0.1, 0.15) is 0 Å². The summed E-state index contributed by atoms with van der Waals surface area (Å²) in [6.45, 7) is 0. The molecule has 0 bridgehead atoms. The highest BCUT2D eigenvalue weighted by atomic mass is 16.6. The van der Waals surface area contributed by atoms with E-state index in [0.29, 0.717) is 28.9 Å². The van der Waals surface area contributed by atoms with Crippen LogP contribution in [0, 0.1) is 10.1 Å². The first-order valence-corrected chi connectivity index (χ1v) is 7.28. The third-order valence-electron chi connectivity index (χ3n) is 3.99. The highest BCUT2D eigenvalue weighted by Gasteiger charge is 2.26. The minimum absolute atomic E-state index is 0.102. The van der Waals surface area contributed by atoms with Gasteiger partial charge >= 0.3 is 0 Å². The molecule has 0 amide bonds. The average Bonchev–Trinajstić information content (AvgIpc) is 2.90. The summed E-state index contributed by atoms with van der Waals surface area (Å²) in [5.74, 6) is 0.542. The van der Waals surface area contributed by atoms with E-state index in [4.69, 9.17) is 9.47 Å². The van der Waals surface area contributed by atoms with E-state index in [1.54, 1.807) is 18.2 Å². The van der Waals surface area contributed by atoms with E-state index in [9.17, 15) is 14.9 Å². The summed E-state index contributed by atoms with van der Waals surface area (Å²) in [5, 5.41) is 11.4. The first kappa shape index (κ1) is 15.7. The summed E-state index contributed by atoms with van der Waals surface area (Å²) >= 11 is 0. The van der Waals surface area contributed by atoms with Gasteiger partial charge in [-0.3, -0.25) is 14.9 Å². The molecule has 0 unspecified atom stereocenters. The zero-order valence-electron chi connectivity index (χ0n) is 13.2. The van der Waals surface area contributed by atoms with Gasteiger partial charge in [-0.25, -0.2) is 0 Å². The molecule has 0 fully saturated rings. The third-order valence-corrected chi connectivity index (χ3v) is 3.99. The van der Waals surface area contributed by atoms with Crippen molar-refractivity contribution in [3.8, 4) is 11.5 Å². The number of carbonyl (C=O) groups excluding carboxylic acids is 1. The summed E-state index contributed by atoms with van der Waals surface area (Å²) < 4.78 is 10.3. The van der Waals surface area contributed by atoms with E-state index < -0.39 is 4.92 Å².